The molecule has 13 rings (SSSR count). The van der Waals surface area contributed by atoms with Crippen LogP contribution in [0, 0.1) is 0 Å². The molecule has 0 amide bonds. The van der Waals surface area contributed by atoms with Crippen LogP contribution in [-0.4, -0.2) is 34.1 Å². The van der Waals surface area contributed by atoms with E-state index in [0.717, 1.165) is 99.6 Å². The van der Waals surface area contributed by atoms with Gasteiger partial charge in [0.15, 0.2) is 17.5 Å². The summed E-state index contributed by atoms with van der Waals surface area (Å²) in [5.74, 6) is 2.40. The van der Waals surface area contributed by atoms with E-state index in [1.54, 1.807) is 0 Å². The molecule has 0 saturated heterocycles. The number of aromatic nitrogens is 7. The SMILES string of the molecule is c1ccc(-c2cccc(-c3nc(-c4ccccc4)nc(-n4c5ccccc5c5cc6c7ccccc7n(-c7ccccc7-c7cc(-c8ccccc8)nc(-c8ccccc8)n7)c6cc54)n3)c2)cc1. The zero-order chi connectivity index (χ0) is 45.0. The number of benzene rings is 9. The molecular formula is C61H39N7. The van der Waals surface area contributed by atoms with Crippen LogP contribution in [0.5, 0.6) is 0 Å². The minimum Gasteiger partial charge on any atom is -0.308 e. The molecule has 0 aliphatic rings. The molecule has 7 nitrogen and oxygen atoms in total. The first-order valence-electron chi connectivity index (χ1n) is 22.8. The average Bonchev–Trinajstić information content (AvgIpc) is 3.92. The molecule has 0 saturated carbocycles. The quantitative estimate of drug-likeness (QED) is 0.152. The van der Waals surface area contributed by atoms with Crippen molar-refractivity contribution in [3.8, 4) is 79.4 Å². The maximum absolute atomic E-state index is 5.35. The second kappa shape index (κ2) is 16.3. The Bertz CT molecular complexity index is 3950. The van der Waals surface area contributed by atoms with E-state index in [-0.39, 0.29) is 0 Å². The molecule has 4 aromatic heterocycles. The van der Waals surface area contributed by atoms with Crippen LogP contribution in [0.2, 0.25) is 0 Å². The van der Waals surface area contributed by atoms with Crippen molar-refractivity contribution in [1.29, 1.82) is 0 Å². The molecule has 7 heteroatoms. The second-order valence-corrected chi connectivity index (χ2v) is 16.9. The first-order chi connectivity index (χ1) is 33.7. The molecule has 13 aromatic rings. The predicted molar refractivity (Wildman–Crippen MR) is 277 cm³/mol. The molecule has 0 fully saturated rings. The van der Waals surface area contributed by atoms with Crippen LogP contribution in [0.3, 0.4) is 0 Å². The zero-order valence-corrected chi connectivity index (χ0v) is 36.6. The normalized spacial score (nSPS) is 11.5. The summed E-state index contributed by atoms with van der Waals surface area (Å²) in [5.41, 5.74) is 13.8. The summed E-state index contributed by atoms with van der Waals surface area (Å²) in [4.78, 5) is 26.2. The molecule has 9 aromatic carbocycles. The van der Waals surface area contributed by atoms with Crippen LogP contribution in [0.15, 0.2) is 237 Å². The zero-order valence-electron chi connectivity index (χ0n) is 36.6. The summed E-state index contributed by atoms with van der Waals surface area (Å²) in [7, 11) is 0. The smallest absolute Gasteiger partial charge is 0.238 e. The van der Waals surface area contributed by atoms with Crippen LogP contribution < -0.4 is 0 Å². The first-order valence-corrected chi connectivity index (χ1v) is 22.8. The third-order valence-electron chi connectivity index (χ3n) is 12.8. The van der Waals surface area contributed by atoms with Gasteiger partial charge in [0, 0.05) is 49.4 Å². The first kappa shape index (κ1) is 39.1. The maximum atomic E-state index is 5.35. The number of nitrogens with zero attached hydrogens (tertiary/aromatic N) is 7. The van der Waals surface area contributed by atoms with E-state index in [1.165, 1.54) is 0 Å². The second-order valence-electron chi connectivity index (χ2n) is 16.9. The third-order valence-corrected chi connectivity index (χ3v) is 12.8. The van der Waals surface area contributed by atoms with Crippen LogP contribution in [-0.2, 0) is 0 Å². The van der Waals surface area contributed by atoms with Gasteiger partial charge in [-0.05, 0) is 53.6 Å². The van der Waals surface area contributed by atoms with Gasteiger partial charge in [-0.2, -0.15) is 9.97 Å². The largest absolute Gasteiger partial charge is 0.308 e. The number of fused-ring (bicyclic) bond motifs is 6. The fraction of sp³-hybridized carbons (Fsp3) is 0. The van der Waals surface area contributed by atoms with E-state index < -0.39 is 0 Å². The third kappa shape index (κ3) is 6.72. The fourth-order valence-electron chi connectivity index (χ4n) is 9.63. The Balaban J connectivity index is 1.07. The van der Waals surface area contributed by atoms with Gasteiger partial charge in [-0.25, -0.2) is 15.0 Å². The standard InChI is InChI=1S/C61H39N7/c1-5-20-40(21-6-1)44-28-19-29-45(36-44)60-64-59(43-26-11-4-12-27-43)65-61(66-60)68-54-34-17-14-31-47(54)50-37-49-46-30-13-16-33-53(46)67(56(49)39-57(50)68)55-35-18-15-32-48(55)52-38-51(41-22-7-2-8-23-41)62-58(63-52)42-24-9-3-10-25-42/h1-39H. The van der Waals surface area contributed by atoms with E-state index in [9.17, 15) is 0 Å². The average molecular weight is 870 g/mol. The highest BCUT2D eigenvalue weighted by atomic mass is 15.2. The Labute approximate surface area is 392 Å². The van der Waals surface area contributed by atoms with Gasteiger partial charge in [0.25, 0.3) is 0 Å². The lowest BCUT2D eigenvalue weighted by molar-refractivity contribution is 0.953. The number of hydrogen-bond donors (Lipinski definition) is 0. The Morgan fingerprint density at radius 1 is 0.250 bits per heavy atom. The van der Waals surface area contributed by atoms with Gasteiger partial charge in [0.2, 0.25) is 5.95 Å². The minimum absolute atomic E-state index is 0.537. The topological polar surface area (TPSA) is 74.3 Å². The van der Waals surface area contributed by atoms with Crippen LogP contribution >= 0.6 is 0 Å². The maximum Gasteiger partial charge on any atom is 0.238 e. The molecule has 0 atom stereocenters. The van der Waals surface area contributed by atoms with Crippen molar-refractivity contribution in [2.24, 2.45) is 0 Å². The van der Waals surface area contributed by atoms with Gasteiger partial charge in [0.05, 0.1) is 39.1 Å². The lowest BCUT2D eigenvalue weighted by atomic mass is 10.0. The lowest BCUT2D eigenvalue weighted by Crippen LogP contribution is -2.06. The van der Waals surface area contributed by atoms with Gasteiger partial charge < -0.3 is 4.57 Å². The fourth-order valence-corrected chi connectivity index (χ4v) is 9.63. The highest BCUT2D eigenvalue weighted by Gasteiger charge is 2.23. The highest BCUT2D eigenvalue weighted by Crippen LogP contribution is 2.42. The summed E-state index contributed by atoms with van der Waals surface area (Å²) in [6, 6.07) is 82.1. The predicted octanol–water partition coefficient (Wildman–Crippen LogP) is 14.9. The molecule has 318 valence electrons. The summed E-state index contributed by atoms with van der Waals surface area (Å²) in [5, 5.41) is 4.51. The Hall–Kier alpha value is -9.33. The van der Waals surface area contributed by atoms with Gasteiger partial charge >= 0.3 is 0 Å². The molecule has 0 aliphatic carbocycles. The van der Waals surface area contributed by atoms with Crippen molar-refractivity contribution in [3.63, 3.8) is 0 Å². The number of para-hydroxylation sites is 3. The highest BCUT2D eigenvalue weighted by molar-refractivity contribution is 6.19. The van der Waals surface area contributed by atoms with Crippen LogP contribution in [0.1, 0.15) is 0 Å². The Kier molecular flexibility index (Phi) is 9.35. The lowest BCUT2D eigenvalue weighted by Gasteiger charge is -2.15. The molecule has 0 radical (unpaired) electrons. The van der Waals surface area contributed by atoms with Gasteiger partial charge in [-0.3, -0.25) is 4.57 Å². The van der Waals surface area contributed by atoms with Crippen molar-refractivity contribution in [2.45, 2.75) is 0 Å². The molecule has 0 aliphatic heterocycles. The monoisotopic (exact) mass is 869 g/mol. The Morgan fingerprint density at radius 2 is 0.721 bits per heavy atom. The van der Waals surface area contributed by atoms with E-state index >= 15 is 0 Å². The summed E-state index contributed by atoms with van der Waals surface area (Å²) in [6.45, 7) is 0. The van der Waals surface area contributed by atoms with E-state index in [4.69, 9.17) is 24.9 Å². The molecule has 0 spiro atoms. The van der Waals surface area contributed by atoms with Crippen molar-refractivity contribution < 1.29 is 0 Å². The Morgan fingerprint density at radius 3 is 1.38 bits per heavy atom. The number of hydrogen-bond acceptors (Lipinski definition) is 5. The van der Waals surface area contributed by atoms with Gasteiger partial charge in [-0.1, -0.05) is 194 Å². The molecule has 0 N–H and O–H groups in total. The van der Waals surface area contributed by atoms with Crippen molar-refractivity contribution in [2.75, 3.05) is 0 Å². The molecule has 4 heterocycles. The van der Waals surface area contributed by atoms with Crippen molar-refractivity contribution in [3.05, 3.63) is 237 Å². The summed E-state index contributed by atoms with van der Waals surface area (Å²) < 4.78 is 4.59. The van der Waals surface area contributed by atoms with Crippen molar-refractivity contribution in [1.82, 2.24) is 34.1 Å². The van der Waals surface area contributed by atoms with Crippen LogP contribution in [0.25, 0.3) is 123 Å². The van der Waals surface area contributed by atoms with Crippen LogP contribution in [0.4, 0.5) is 0 Å². The molecular weight excluding hydrogens is 831 g/mol. The van der Waals surface area contributed by atoms with Crippen molar-refractivity contribution >= 4 is 43.6 Å². The van der Waals surface area contributed by atoms with Gasteiger partial charge in [0.1, 0.15) is 0 Å². The minimum atomic E-state index is 0.537. The van der Waals surface area contributed by atoms with E-state index in [1.807, 2.05) is 48.5 Å². The molecule has 0 bridgehead atoms. The molecule has 68 heavy (non-hydrogen) atoms. The summed E-state index contributed by atoms with van der Waals surface area (Å²) >= 11 is 0. The van der Waals surface area contributed by atoms with E-state index in [0.29, 0.717) is 23.4 Å². The van der Waals surface area contributed by atoms with Gasteiger partial charge in [-0.15, -0.1) is 0 Å². The van der Waals surface area contributed by atoms with E-state index in [2.05, 4.69) is 197 Å². The number of rotatable bonds is 8. The molecule has 0 unspecified atom stereocenters. The summed E-state index contributed by atoms with van der Waals surface area (Å²) in [6.07, 6.45) is 0.